The highest BCUT2D eigenvalue weighted by atomic mass is 16.5. The molecule has 0 aromatic heterocycles. The fraction of sp³-hybridized carbons (Fsp3) is 0.440. The SMILES string of the molecule is CCOC(=O)C(Cc1ccccc1)NC(=O)CCc1cccc(OC2CCCC2)c1. The van der Waals surface area contributed by atoms with Crippen molar-refractivity contribution in [3.8, 4) is 5.75 Å². The lowest BCUT2D eigenvalue weighted by molar-refractivity contribution is -0.147. The van der Waals surface area contributed by atoms with Gasteiger partial charge in [-0.1, -0.05) is 42.5 Å². The van der Waals surface area contributed by atoms with E-state index in [4.69, 9.17) is 9.47 Å². The second kappa shape index (κ2) is 11.4. The largest absolute Gasteiger partial charge is 0.490 e. The molecule has 5 heteroatoms. The highest BCUT2D eigenvalue weighted by molar-refractivity contribution is 5.84. The Labute approximate surface area is 178 Å². The van der Waals surface area contributed by atoms with Crippen LogP contribution < -0.4 is 10.1 Å². The average Bonchev–Trinajstić information content (AvgIpc) is 3.26. The molecule has 1 atom stereocenters. The van der Waals surface area contributed by atoms with Gasteiger partial charge < -0.3 is 14.8 Å². The smallest absolute Gasteiger partial charge is 0.328 e. The van der Waals surface area contributed by atoms with Gasteiger partial charge in [0.15, 0.2) is 0 Å². The van der Waals surface area contributed by atoms with Gasteiger partial charge >= 0.3 is 5.97 Å². The molecule has 2 aromatic rings. The minimum absolute atomic E-state index is 0.161. The van der Waals surface area contributed by atoms with Gasteiger partial charge in [0.05, 0.1) is 12.7 Å². The maximum absolute atomic E-state index is 12.5. The molecule has 0 bridgehead atoms. The number of hydrogen-bond donors (Lipinski definition) is 1. The molecule has 30 heavy (non-hydrogen) atoms. The van der Waals surface area contributed by atoms with E-state index in [2.05, 4.69) is 5.32 Å². The number of benzene rings is 2. The minimum atomic E-state index is -0.683. The Hall–Kier alpha value is -2.82. The number of hydrogen-bond acceptors (Lipinski definition) is 4. The molecule has 0 radical (unpaired) electrons. The maximum atomic E-state index is 12.5. The molecule has 3 rings (SSSR count). The van der Waals surface area contributed by atoms with Crippen LogP contribution in [0.25, 0.3) is 0 Å². The summed E-state index contributed by atoms with van der Waals surface area (Å²) in [6.45, 7) is 2.05. The first-order valence-corrected chi connectivity index (χ1v) is 10.9. The van der Waals surface area contributed by atoms with Gasteiger partial charge in [0.2, 0.25) is 5.91 Å². The maximum Gasteiger partial charge on any atom is 0.328 e. The lowest BCUT2D eigenvalue weighted by Gasteiger charge is -2.18. The van der Waals surface area contributed by atoms with E-state index in [1.165, 1.54) is 12.8 Å². The Kier molecular flexibility index (Phi) is 8.30. The van der Waals surface area contributed by atoms with Crippen LogP contribution in [0.2, 0.25) is 0 Å². The van der Waals surface area contributed by atoms with Crippen molar-refractivity contribution < 1.29 is 19.1 Å². The molecule has 0 heterocycles. The van der Waals surface area contributed by atoms with Gasteiger partial charge in [-0.05, 0) is 62.3 Å². The third-order valence-electron chi connectivity index (χ3n) is 5.33. The minimum Gasteiger partial charge on any atom is -0.490 e. The molecule has 0 spiro atoms. The number of amides is 1. The van der Waals surface area contributed by atoms with E-state index in [0.717, 1.165) is 29.7 Å². The molecule has 1 N–H and O–H groups in total. The van der Waals surface area contributed by atoms with Crippen molar-refractivity contribution >= 4 is 11.9 Å². The molecule has 1 fully saturated rings. The highest BCUT2D eigenvalue weighted by Crippen LogP contribution is 2.24. The van der Waals surface area contributed by atoms with Gasteiger partial charge in [-0.25, -0.2) is 4.79 Å². The van der Waals surface area contributed by atoms with E-state index < -0.39 is 12.0 Å². The molecule has 160 valence electrons. The van der Waals surface area contributed by atoms with Crippen LogP contribution in [0.4, 0.5) is 0 Å². The monoisotopic (exact) mass is 409 g/mol. The Morgan fingerprint density at radius 3 is 2.50 bits per heavy atom. The second-order valence-corrected chi connectivity index (χ2v) is 7.73. The van der Waals surface area contributed by atoms with E-state index in [0.29, 0.717) is 25.4 Å². The van der Waals surface area contributed by atoms with E-state index in [1.807, 2.05) is 54.6 Å². The Bertz CT molecular complexity index is 815. The predicted molar refractivity (Wildman–Crippen MR) is 116 cm³/mol. The van der Waals surface area contributed by atoms with E-state index >= 15 is 0 Å². The number of ether oxygens (including phenoxy) is 2. The van der Waals surface area contributed by atoms with Crippen molar-refractivity contribution in [2.45, 2.75) is 64.0 Å². The zero-order valence-corrected chi connectivity index (χ0v) is 17.6. The van der Waals surface area contributed by atoms with E-state index in [9.17, 15) is 9.59 Å². The number of rotatable bonds is 10. The first-order chi connectivity index (χ1) is 14.6. The van der Waals surface area contributed by atoms with Crippen LogP contribution in [-0.4, -0.2) is 30.6 Å². The fourth-order valence-corrected chi connectivity index (χ4v) is 3.78. The average molecular weight is 410 g/mol. The van der Waals surface area contributed by atoms with Crippen LogP contribution in [0.1, 0.15) is 50.2 Å². The van der Waals surface area contributed by atoms with Gasteiger partial charge in [-0.2, -0.15) is 0 Å². The summed E-state index contributed by atoms with van der Waals surface area (Å²) in [4.78, 5) is 24.9. The first-order valence-electron chi connectivity index (χ1n) is 10.9. The summed E-state index contributed by atoms with van der Waals surface area (Å²) in [7, 11) is 0. The Balaban J connectivity index is 1.53. The first kappa shape index (κ1) is 21.9. The Morgan fingerprint density at radius 1 is 1.03 bits per heavy atom. The molecule has 1 amide bonds. The van der Waals surface area contributed by atoms with Crippen LogP contribution in [-0.2, 0) is 27.2 Å². The summed E-state index contributed by atoms with van der Waals surface area (Å²) in [6.07, 6.45) is 6.31. The van der Waals surface area contributed by atoms with Crippen LogP contribution >= 0.6 is 0 Å². The molecule has 1 saturated carbocycles. The summed E-state index contributed by atoms with van der Waals surface area (Å²) < 4.78 is 11.2. The highest BCUT2D eigenvalue weighted by Gasteiger charge is 2.22. The summed E-state index contributed by atoms with van der Waals surface area (Å²) in [6, 6.07) is 16.9. The van der Waals surface area contributed by atoms with Crippen molar-refractivity contribution in [3.63, 3.8) is 0 Å². The second-order valence-electron chi connectivity index (χ2n) is 7.73. The lowest BCUT2D eigenvalue weighted by atomic mass is 10.0. The zero-order valence-electron chi connectivity index (χ0n) is 17.6. The molecular formula is C25H31NO4. The summed E-state index contributed by atoms with van der Waals surface area (Å²) in [5, 5.41) is 2.85. The summed E-state index contributed by atoms with van der Waals surface area (Å²) >= 11 is 0. The molecule has 0 saturated heterocycles. The third kappa shape index (κ3) is 6.90. The third-order valence-corrected chi connectivity index (χ3v) is 5.33. The summed E-state index contributed by atoms with van der Waals surface area (Å²) in [5.41, 5.74) is 2.03. The van der Waals surface area contributed by atoms with Gasteiger partial charge in [-0.15, -0.1) is 0 Å². The molecule has 0 aliphatic heterocycles. The van der Waals surface area contributed by atoms with Crippen LogP contribution in [0.3, 0.4) is 0 Å². The van der Waals surface area contributed by atoms with E-state index in [1.54, 1.807) is 6.92 Å². The fourth-order valence-electron chi connectivity index (χ4n) is 3.78. The van der Waals surface area contributed by atoms with Crippen molar-refractivity contribution in [2.24, 2.45) is 0 Å². The van der Waals surface area contributed by atoms with E-state index in [-0.39, 0.29) is 12.5 Å². The van der Waals surface area contributed by atoms with Crippen molar-refractivity contribution in [3.05, 3.63) is 65.7 Å². The molecule has 1 unspecified atom stereocenters. The van der Waals surface area contributed by atoms with Gasteiger partial charge in [0, 0.05) is 12.8 Å². The zero-order chi connectivity index (χ0) is 21.2. The number of esters is 1. The molecule has 2 aromatic carbocycles. The lowest BCUT2D eigenvalue weighted by Crippen LogP contribution is -2.43. The van der Waals surface area contributed by atoms with Gasteiger partial charge in [0.1, 0.15) is 11.8 Å². The normalized spacial score (nSPS) is 14.8. The topological polar surface area (TPSA) is 64.6 Å². The number of aryl methyl sites for hydroxylation is 1. The summed E-state index contributed by atoms with van der Waals surface area (Å²) in [5.74, 6) is 0.307. The van der Waals surface area contributed by atoms with Crippen LogP contribution in [0.5, 0.6) is 5.75 Å². The van der Waals surface area contributed by atoms with Crippen LogP contribution in [0.15, 0.2) is 54.6 Å². The van der Waals surface area contributed by atoms with Crippen molar-refractivity contribution in [2.75, 3.05) is 6.61 Å². The standard InChI is InChI=1S/C25H31NO4/c1-2-29-25(28)23(18-19-9-4-3-5-10-19)26-24(27)16-15-20-11-8-14-22(17-20)30-21-12-6-7-13-21/h3-5,8-11,14,17,21,23H,2,6-7,12-13,15-16,18H2,1H3,(H,26,27). The number of carbonyl (C=O) groups is 2. The molecule has 1 aliphatic rings. The van der Waals surface area contributed by atoms with Gasteiger partial charge in [-0.3, -0.25) is 4.79 Å². The molecule has 5 nitrogen and oxygen atoms in total. The quantitative estimate of drug-likeness (QED) is 0.597. The van der Waals surface area contributed by atoms with Crippen LogP contribution in [0, 0.1) is 0 Å². The van der Waals surface area contributed by atoms with Crippen molar-refractivity contribution in [1.82, 2.24) is 5.32 Å². The van der Waals surface area contributed by atoms with Crippen molar-refractivity contribution in [1.29, 1.82) is 0 Å². The predicted octanol–water partition coefficient (Wildman–Crippen LogP) is 4.23. The number of nitrogens with one attached hydrogen (secondary N) is 1. The molecular weight excluding hydrogens is 378 g/mol. The van der Waals surface area contributed by atoms with Gasteiger partial charge in [0.25, 0.3) is 0 Å². The molecule has 1 aliphatic carbocycles. The Morgan fingerprint density at radius 2 is 1.77 bits per heavy atom. The number of carbonyl (C=O) groups excluding carboxylic acids is 2.